The van der Waals surface area contributed by atoms with E-state index in [1.807, 2.05) is 72.8 Å². The Morgan fingerprint density at radius 3 is 0.827 bits per heavy atom. The molecule has 8 aromatic rings. The number of carbonyl (C=O) groups excluding carboxylic acids is 4. The molecular weight excluding hydrogens is 1500 g/mol. The number of ether oxygens (including phenoxy) is 6. The summed E-state index contributed by atoms with van der Waals surface area (Å²) in [5.41, 5.74) is 4.36. The van der Waals surface area contributed by atoms with Crippen molar-refractivity contribution >= 4 is 45.4 Å². The maximum atomic E-state index is 12.9. The van der Waals surface area contributed by atoms with Gasteiger partial charge in [-0.3, -0.25) is 0 Å². The Morgan fingerprint density at radius 1 is 0.265 bits per heavy atom. The minimum Gasteiger partial charge on any atom is -0.494 e. The van der Waals surface area contributed by atoms with E-state index in [-0.39, 0.29) is 124 Å². The molecule has 0 aliphatic carbocycles. The second-order valence-electron chi connectivity index (χ2n) is 23.6. The van der Waals surface area contributed by atoms with Crippen LogP contribution in [0.25, 0.3) is 21.5 Å². The third-order valence-electron chi connectivity index (χ3n) is 16.1. The first-order valence-corrected chi connectivity index (χ1v) is 33.7. The van der Waals surface area contributed by atoms with Crippen LogP contribution < -0.4 is 34.6 Å². The molecule has 8 aromatic carbocycles. The zero-order valence-corrected chi connectivity index (χ0v) is 62.8. The van der Waals surface area contributed by atoms with E-state index >= 15 is 0 Å². The van der Waals surface area contributed by atoms with Crippen LogP contribution in [0.2, 0.25) is 0 Å². The van der Waals surface area contributed by atoms with Crippen molar-refractivity contribution in [2.45, 2.75) is 217 Å². The van der Waals surface area contributed by atoms with E-state index in [2.05, 4.69) is 27.7 Å². The van der Waals surface area contributed by atoms with Gasteiger partial charge in [0.15, 0.2) is 0 Å². The van der Waals surface area contributed by atoms with Gasteiger partial charge in [0.1, 0.15) is 34.5 Å². The zero-order chi connectivity index (χ0) is 63.4. The Balaban J connectivity index is 0. The van der Waals surface area contributed by atoms with E-state index in [9.17, 15) is 19.2 Å². The van der Waals surface area contributed by atoms with E-state index in [0.29, 0.717) is 58.5 Å². The van der Waals surface area contributed by atoms with Gasteiger partial charge in [0.05, 0.1) is 35.5 Å². The monoisotopic (exact) mass is 1620 g/mol. The van der Waals surface area contributed by atoms with Crippen LogP contribution in [0.4, 0.5) is 0 Å². The minimum atomic E-state index is -0.439. The molecule has 0 radical (unpaired) electrons. The summed E-state index contributed by atoms with van der Waals surface area (Å²) in [6, 6.07) is 51.2. The van der Waals surface area contributed by atoms with Gasteiger partial charge >= 0.3 is 23.9 Å². The van der Waals surface area contributed by atoms with Crippen LogP contribution >= 0.6 is 0 Å². The Labute approximate surface area is 656 Å². The molecule has 13 heteroatoms. The number of hydrogen-bond donors (Lipinski definition) is 1. The fourth-order valence-electron chi connectivity index (χ4n) is 10.7. The quantitative estimate of drug-likeness (QED) is 0.0170. The number of fused-ring (bicyclic) bond motifs is 2. The summed E-state index contributed by atoms with van der Waals surface area (Å²) in [5.74, 6) is 1.75. The first-order chi connectivity index (χ1) is 44.1. The normalized spacial score (nSPS) is 10.1. The van der Waals surface area contributed by atoms with Gasteiger partial charge in [0, 0.05) is 80.8 Å². The average molecular weight is 1610 g/mol. The van der Waals surface area contributed by atoms with E-state index in [1.165, 1.54) is 152 Å². The smallest absolute Gasteiger partial charge is 0.343 e. The summed E-state index contributed by atoms with van der Waals surface area (Å²) in [4.78, 5) is 51.2. The van der Waals surface area contributed by atoms with Crippen LogP contribution in [-0.4, -0.2) is 37.1 Å². The SMILES string of the molecule is C.C.C.CCCCCCCCOc1ccc(C(=O)Oc2ccc3cc(OC(=O)c4ccc(OCCCCCCCC)cc4)ccc3c2)cc1.CCCCCCCCc1ccc(OC(=O)c2ccc3cc(C(=O)Oc4ccc(CCCCCCCC)cc4)ccc3c2)cc1.N.[CH3-].[CH3-].[Sm].[Sm]. The maximum absolute atomic E-state index is 12.9. The van der Waals surface area contributed by atoms with Gasteiger partial charge in [-0.05, 0) is 193 Å². The van der Waals surface area contributed by atoms with Crippen molar-refractivity contribution < 1.29 is 128 Å². The van der Waals surface area contributed by atoms with Crippen LogP contribution in [0.1, 0.15) is 257 Å². The molecule has 0 aromatic heterocycles. The molecule has 536 valence electrons. The third-order valence-corrected chi connectivity index (χ3v) is 16.1. The number of carbonyl (C=O) groups is 4. The predicted octanol–water partition coefficient (Wildman–Crippen LogP) is 24.8. The fourth-order valence-corrected chi connectivity index (χ4v) is 10.7. The molecule has 0 amide bonds. The Morgan fingerprint density at radius 2 is 0.500 bits per heavy atom. The van der Waals surface area contributed by atoms with Gasteiger partial charge in [-0.2, -0.15) is 0 Å². The zero-order valence-electron chi connectivity index (χ0n) is 57.6. The number of esters is 4. The van der Waals surface area contributed by atoms with Crippen molar-refractivity contribution in [3.8, 4) is 34.5 Å². The van der Waals surface area contributed by atoms with E-state index in [1.54, 1.807) is 97.1 Å². The number of benzene rings is 8. The number of unbranched alkanes of at least 4 members (excludes halogenated alkanes) is 20. The average Bonchev–Trinajstić information content (AvgIpc) is 0.820. The first kappa shape index (κ1) is 94.5. The standard InChI is InChI=1S/C40H48O6.C40H48O4.3CH4.2CH3.H3N.2Sm/c1-3-5-7-9-11-13-27-43-35-21-15-31(16-22-35)39(41)45-37-25-19-34-30-38(26-20-33(34)29-37)46-40(42)32-17-23-36(24-18-32)44-28-14-12-10-8-6-4-2;1-3-5-7-9-11-13-15-31-17-25-37(26-18-31)43-39(41)35-23-21-34-30-36(24-22-33(34)29-35)40(42)44-38-27-19-32(20-28-38)16-14-12-10-8-6-4-2;;;;;;;;/h15-26,29-30H,3-14,27-28H2,1-2H3;17-30H,3-16H2,1-2H3;3*1H4;3*1H3;;/q;;;;;2*-1;;;. The Bertz CT molecular complexity index is 3200. The molecule has 0 spiro atoms. The van der Waals surface area contributed by atoms with E-state index < -0.39 is 23.9 Å². The van der Waals surface area contributed by atoms with Gasteiger partial charge in [0.2, 0.25) is 0 Å². The van der Waals surface area contributed by atoms with Crippen LogP contribution in [0.5, 0.6) is 34.5 Å². The van der Waals surface area contributed by atoms with Crippen LogP contribution in [0.15, 0.2) is 170 Å². The minimum absolute atomic E-state index is 0. The topological polar surface area (TPSA) is 159 Å². The molecule has 0 saturated carbocycles. The van der Waals surface area contributed by atoms with Crippen molar-refractivity contribution in [3.05, 3.63) is 218 Å². The van der Waals surface area contributed by atoms with Crippen molar-refractivity contribution in [2.75, 3.05) is 13.2 Å². The molecule has 0 unspecified atom stereocenters. The fraction of sp³-hybridized carbons (Fsp3) is 0.412. The maximum Gasteiger partial charge on any atom is 0.343 e. The van der Waals surface area contributed by atoms with E-state index in [4.69, 9.17) is 28.4 Å². The van der Waals surface area contributed by atoms with Crippen LogP contribution in [0.3, 0.4) is 0 Å². The van der Waals surface area contributed by atoms with Crippen LogP contribution in [0, 0.1) is 95.6 Å². The summed E-state index contributed by atoms with van der Waals surface area (Å²) < 4.78 is 34.2. The summed E-state index contributed by atoms with van der Waals surface area (Å²) in [7, 11) is 0. The predicted molar refractivity (Wildman–Crippen MR) is 403 cm³/mol. The first-order valence-electron chi connectivity index (χ1n) is 33.7. The number of rotatable bonds is 38. The molecule has 0 aliphatic heterocycles. The van der Waals surface area contributed by atoms with E-state index in [0.717, 1.165) is 58.7 Å². The van der Waals surface area contributed by atoms with Crippen molar-refractivity contribution in [1.82, 2.24) is 6.15 Å². The van der Waals surface area contributed by atoms with Gasteiger partial charge in [0.25, 0.3) is 0 Å². The molecular formula is C85H117NO10Sm2-2. The van der Waals surface area contributed by atoms with Gasteiger partial charge in [-0.25, -0.2) is 19.2 Å². The summed E-state index contributed by atoms with van der Waals surface area (Å²) >= 11 is 0. The molecule has 3 N–H and O–H groups in total. The van der Waals surface area contributed by atoms with Crippen LogP contribution in [-0.2, 0) is 12.8 Å². The molecule has 0 aliphatic rings. The number of hydrogen-bond acceptors (Lipinski definition) is 11. The summed E-state index contributed by atoms with van der Waals surface area (Å²) in [5, 5.41) is 3.42. The molecule has 11 nitrogen and oxygen atoms in total. The second kappa shape index (κ2) is 55.1. The molecule has 0 heterocycles. The molecule has 8 rings (SSSR count). The molecule has 0 bridgehead atoms. The van der Waals surface area contributed by atoms with Gasteiger partial charge in [-0.15, -0.1) is 0 Å². The van der Waals surface area contributed by atoms with Crippen molar-refractivity contribution in [1.29, 1.82) is 0 Å². The summed E-state index contributed by atoms with van der Waals surface area (Å²) in [6.07, 6.45) is 32.0. The Hall–Kier alpha value is -5.60. The third kappa shape index (κ3) is 34.6. The van der Waals surface area contributed by atoms with Crippen molar-refractivity contribution in [2.24, 2.45) is 0 Å². The summed E-state index contributed by atoms with van der Waals surface area (Å²) in [6.45, 7) is 10.3. The van der Waals surface area contributed by atoms with Gasteiger partial charge in [-0.1, -0.05) is 227 Å². The van der Waals surface area contributed by atoms with Gasteiger partial charge < -0.3 is 49.4 Å². The molecule has 98 heavy (non-hydrogen) atoms. The van der Waals surface area contributed by atoms with Crippen molar-refractivity contribution in [3.63, 3.8) is 0 Å². The number of aryl methyl sites for hydroxylation is 2. The Kier molecular flexibility index (Phi) is 53.1. The molecule has 0 saturated heterocycles. The molecule has 0 atom stereocenters. The molecule has 0 fully saturated rings. The second-order valence-corrected chi connectivity index (χ2v) is 23.6. The largest absolute Gasteiger partial charge is 0.494 e.